The fraction of sp³-hybridized carbons (Fsp3) is 0.929. The third kappa shape index (κ3) is 4.48. The predicted octanol–water partition coefficient (Wildman–Crippen LogP) is -5.25. The Morgan fingerprint density at radius 2 is 1.31 bits per heavy atom. The SMILES string of the molecule is CC(=O)NCC1O[C@H](O[C@H]2OC(CO)[C@@H](O)C(O)C2O)C(O)C(O)[C@@H]1O. The lowest BCUT2D eigenvalue weighted by Gasteiger charge is -2.44. The fourth-order valence-electron chi connectivity index (χ4n) is 2.75. The molecule has 0 aromatic heterocycles. The third-order valence-corrected chi connectivity index (χ3v) is 4.34. The number of rotatable bonds is 5. The van der Waals surface area contributed by atoms with Crippen LogP contribution in [0.1, 0.15) is 6.92 Å². The largest absolute Gasteiger partial charge is 0.394 e. The van der Waals surface area contributed by atoms with Gasteiger partial charge in [0.25, 0.3) is 0 Å². The van der Waals surface area contributed by atoms with Crippen LogP contribution in [-0.4, -0.2) is 116 Å². The van der Waals surface area contributed by atoms with Crippen molar-refractivity contribution in [3.8, 4) is 0 Å². The second kappa shape index (κ2) is 8.84. The fourth-order valence-corrected chi connectivity index (χ4v) is 2.75. The molecular formula is C14H25NO11. The number of hydrogen-bond donors (Lipinski definition) is 8. The van der Waals surface area contributed by atoms with Gasteiger partial charge in [-0.1, -0.05) is 0 Å². The van der Waals surface area contributed by atoms with Crippen LogP contribution >= 0.6 is 0 Å². The highest BCUT2D eigenvalue weighted by molar-refractivity contribution is 5.72. The molecule has 0 aliphatic carbocycles. The average molecular weight is 383 g/mol. The summed E-state index contributed by atoms with van der Waals surface area (Å²) in [6, 6.07) is 0. The van der Waals surface area contributed by atoms with Crippen molar-refractivity contribution in [2.45, 2.75) is 68.3 Å². The van der Waals surface area contributed by atoms with Crippen LogP contribution < -0.4 is 5.32 Å². The topological polar surface area (TPSA) is 198 Å². The van der Waals surface area contributed by atoms with Gasteiger partial charge in [-0.25, -0.2) is 0 Å². The van der Waals surface area contributed by atoms with Crippen molar-refractivity contribution in [2.24, 2.45) is 0 Å². The third-order valence-electron chi connectivity index (χ3n) is 4.34. The summed E-state index contributed by atoms with van der Waals surface area (Å²) in [6.45, 7) is 0.378. The van der Waals surface area contributed by atoms with E-state index in [1.54, 1.807) is 0 Å². The first kappa shape index (κ1) is 21.4. The summed E-state index contributed by atoms with van der Waals surface area (Å²) in [5.41, 5.74) is 0. The molecule has 0 radical (unpaired) electrons. The Morgan fingerprint density at radius 1 is 0.846 bits per heavy atom. The van der Waals surface area contributed by atoms with Crippen LogP contribution in [0, 0.1) is 0 Å². The Hall–Kier alpha value is -0.930. The van der Waals surface area contributed by atoms with E-state index < -0.39 is 73.9 Å². The maximum Gasteiger partial charge on any atom is 0.216 e. The Morgan fingerprint density at radius 3 is 1.77 bits per heavy atom. The molecule has 0 spiro atoms. The van der Waals surface area contributed by atoms with E-state index in [2.05, 4.69) is 5.32 Å². The lowest BCUT2D eigenvalue weighted by atomic mass is 9.98. The van der Waals surface area contributed by atoms with Crippen molar-refractivity contribution in [1.29, 1.82) is 0 Å². The van der Waals surface area contributed by atoms with E-state index in [4.69, 9.17) is 19.3 Å². The molecule has 0 bridgehead atoms. The van der Waals surface area contributed by atoms with Crippen LogP contribution in [0.4, 0.5) is 0 Å². The van der Waals surface area contributed by atoms with E-state index in [9.17, 15) is 35.4 Å². The van der Waals surface area contributed by atoms with E-state index in [1.165, 1.54) is 6.92 Å². The molecule has 2 saturated heterocycles. The highest BCUT2D eigenvalue weighted by Crippen LogP contribution is 2.27. The van der Waals surface area contributed by atoms with Crippen molar-refractivity contribution in [2.75, 3.05) is 13.2 Å². The van der Waals surface area contributed by atoms with Crippen LogP contribution in [0.5, 0.6) is 0 Å². The number of hydrogen-bond acceptors (Lipinski definition) is 11. The average Bonchev–Trinajstić information content (AvgIpc) is 2.61. The van der Waals surface area contributed by atoms with Crippen LogP contribution in [0.25, 0.3) is 0 Å². The lowest BCUT2D eigenvalue weighted by Crippen LogP contribution is -2.64. The smallest absolute Gasteiger partial charge is 0.216 e. The summed E-state index contributed by atoms with van der Waals surface area (Å²) < 4.78 is 15.7. The van der Waals surface area contributed by atoms with Crippen LogP contribution in [0.3, 0.4) is 0 Å². The standard InChI is InChI=1S/C14H25NO11/c1-4(17)15-2-5-7(18)9(20)11(22)13(24-5)26-14-12(23)10(21)8(19)6(3-16)25-14/h5-14,16,18-23H,2-3H2,1H3,(H,15,17)/t5?,6?,7-,8-,9?,10?,11?,12?,13-,14-/m1/s1. The van der Waals surface area contributed by atoms with Gasteiger partial charge < -0.3 is 55.3 Å². The van der Waals surface area contributed by atoms with E-state index in [1.807, 2.05) is 0 Å². The van der Waals surface area contributed by atoms with E-state index in [0.29, 0.717) is 0 Å². The maximum atomic E-state index is 11.0. The van der Waals surface area contributed by atoms with Crippen molar-refractivity contribution < 1.29 is 54.8 Å². The zero-order chi connectivity index (χ0) is 19.6. The first-order valence-corrected chi connectivity index (χ1v) is 8.07. The molecule has 8 N–H and O–H groups in total. The molecule has 2 heterocycles. The molecule has 0 saturated carbocycles. The highest BCUT2D eigenvalue weighted by Gasteiger charge is 2.49. The Bertz CT molecular complexity index is 478. The normalized spacial score (nSPS) is 46.8. The number of aliphatic hydroxyl groups is 7. The monoisotopic (exact) mass is 383 g/mol. The minimum Gasteiger partial charge on any atom is -0.394 e. The van der Waals surface area contributed by atoms with Crippen molar-refractivity contribution in [1.82, 2.24) is 5.32 Å². The molecule has 26 heavy (non-hydrogen) atoms. The van der Waals surface area contributed by atoms with Crippen molar-refractivity contribution >= 4 is 5.91 Å². The van der Waals surface area contributed by atoms with E-state index in [0.717, 1.165) is 0 Å². The van der Waals surface area contributed by atoms with Gasteiger partial charge in [-0.05, 0) is 0 Å². The maximum absolute atomic E-state index is 11.0. The second-order valence-corrected chi connectivity index (χ2v) is 6.29. The number of aliphatic hydroxyl groups excluding tert-OH is 7. The Labute approximate surface area is 148 Å². The van der Waals surface area contributed by atoms with Crippen LogP contribution in [-0.2, 0) is 19.0 Å². The van der Waals surface area contributed by atoms with E-state index in [-0.39, 0.29) is 6.54 Å². The molecule has 0 aromatic rings. The number of ether oxygens (including phenoxy) is 3. The van der Waals surface area contributed by atoms with Crippen LogP contribution in [0.2, 0.25) is 0 Å². The second-order valence-electron chi connectivity index (χ2n) is 6.29. The Kier molecular flexibility index (Phi) is 7.27. The number of nitrogens with one attached hydrogen (secondary N) is 1. The van der Waals surface area contributed by atoms with Gasteiger partial charge >= 0.3 is 0 Å². The first-order chi connectivity index (χ1) is 12.2. The molecule has 6 unspecified atom stereocenters. The van der Waals surface area contributed by atoms with Gasteiger partial charge in [0.15, 0.2) is 12.6 Å². The molecule has 2 rings (SSSR count). The van der Waals surface area contributed by atoms with Crippen molar-refractivity contribution in [3.63, 3.8) is 0 Å². The van der Waals surface area contributed by atoms with Gasteiger partial charge in [-0.15, -0.1) is 0 Å². The molecule has 2 aliphatic rings. The summed E-state index contributed by atoms with van der Waals surface area (Å²) in [4.78, 5) is 11.0. The number of carbonyl (C=O) groups is 1. The molecule has 152 valence electrons. The first-order valence-electron chi connectivity index (χ1n) is 8.07. The lowest BCUT2D eigenvalue weighted by molar-refractivity contribution is -0.374. The molecule has 0 aromatic carbocycles. The van der Waals surface area contributed by atoms with Crippen LogP contribution in [0.15, 0.2) is 0 Å². The molecule has 2 aliphatic heterocycles. The zero-order valence-corrected chi connectivity index (χ0v) is 14.0. The summed E-state index contributed by atoms with van der Waals surface area (Å²) in [5, 5.41) is 70.8. The van der Waals surface area contributed by atoms with Gasteiger partial charge in [0.2, 0.25) is 5.91 Å². The van der Waals surface area contributed by atoms with Gasteiger partial charge in [-0.2, -0.15) is 0 Å². The van der Waals surface area contributed by atoms with Gasteiger partial charge in [-0.3, -0.25) is 4.79 Å². The molecule has 2 fully saturated rings. The molecule has 12 nitrogen and oxygen atoms in total. The highest BCUT2D eigenvalue weighted by atomic mass is 16.8. The molecule has 12 heteroatoms. The zero-order valence-electron chi connectivity index (χ0n) is 14.0. The minimum absolute atomic E-state index is 0.186. The summed E-state index contributed by atoms with van der Waals surface area (Å²) in [5.74, 6) is -0.409. The molecular weight excluding hydrogens is 358 g/mol. The van der Waals surface area contributed by atoms with E-state index >= 15 is 0 Å². The van der Waals surface area contributed by atoms with Crippen molar-refractivity contribution in [3.05, 3.63) is 0 Å². The molecule has 10 atom stereocenters. The number of carbonyl (C=O) groups excluding carboxylic acids is 1. The summed E-state index contributed by atoms with van der Waals surface area (Å²) >= 11 is 0. The van der Waals surface area contributed by atoms with Gasteiger partial charge in [0.05, 0.1) is 6.61 Å². The van der Waals surface area contributed by atoms with Gasteiger partial charge in [0.1, 0.15) is 48.8 Å². The predicted molar refractivity (Wildman–Crippen MR) is 80.2 cm³/mol. The number of amides is 1. The summed E-state index contributed by atoms with van der Waals surface area (Å²) in [7, 11) is 0. The quantitative estimate of drug-likeness (QED) is 0.226. The molecule has 1 amide bonds. The van der Waals surface area contributed by atoms with Gasteiger partial charge in [0, 0.05) is 13.5 Å². The summed E-state index contributed by atoms with van der Waals surface area (Å²) in [6.07, 6.45) is -15.5. The Balaban J connectivity index is 2.07. The minimum atomic E-state index is -1.73.